The molecule has 0 radical (unpaired) electrons. The van der Waals surface area contributed by atoms with Gasteiger partial charge >= 0.3 is 5.97 Å². The largest absolute Gasteiger partial charge is 0.477 e. The van der Waals surface area contributed by atoms with E-state index in [0.717, 1.165) is 28.0 Å². The van der Waals surface area contributed by atoms with Crippen molar-refractivity contribution < 1.29 is 9.90 Å². The first kappa shape index (κ1) is 17.1. The number of hydrogen-bond acceptors (Lipinski definition) is 4. The van der Waals surface area contributed by atoms with Gasteiger partial charge in [-0.2, -0.15) is 0 Å². The van der Waals surface area contributed by atoms with Crippen LogP contribution in [0.4, 0.5) is 11.4 Å². The highest BCUT2D eigenvalue weighted by Crippen LogP contribution is 2.37. The molecule has 4 rings (SSSR count). The molecule has 27 heavy (non-hydrogen) atoms. The molecular weight excluding hydrogens is 360 g/mol. The highest BCUT2D eigenvalue weighted by molar-refractivity contribution is 7.21. The van der Waals surface area contributed by atoms with Crippen molar-refractivity contribution in [2.45, 2.75) is 6.54 Å². The van der Waals surface area contributed by atoms with Crippen LogP contribution in [0.15, 0.2) is 77.6 Å². The Morgan fingerprint density at radius 2 is 1.63 bits per heavy atom. The third-order valence-corrected chi connectivity index (χ3v) is 5.47. The zero-order valence-electron chi connectivity index (χ0n) is 14.3. The van der Waals surface area contributed by atoms with Gasteiger partial charge in [-0.15, -0.1) is 11.3 Å². The Balaban J connectivity index is 1.88. The van der Waals surface area contributed by atoms with E-state index in [-0.39, 0.29) is 10.4 Å². The zero-order valence-corrected chi connectivity index (χ0v) is 15.1. The third kappa shape index (κ3) is 3.35. The standard InChI is InChI=1S/C21H16N2O3S/c24-17-12-11-16-18(22-15-9-5-2-6-10-15)19(21(25)26)27-20(16)23(17)13-14-7-3-1-4-8-14/h1-12,22H,13H2,(H,25,26). The lowest BCUT2D eigenvalue weighted by atomic mass is 10.2. The van der Waals surface area contributed by atoms with E-state index in [1.807, 2.05) is 60.7 Å². The molecule has 0 saturated carbocycles. The van der Waals surface area contributed by atoms with Crippen LogP contribution in [-0.2, 0) is 6.54 Å². The molecule has 0 atom stereocenters. The smallest absolute Gasteiger partial charge is 0.348 e. The fourth-order valence-electron chi connectivity index (χ4n) is 2.99. The van der Waals surface area contributed by atoms with Crippen molar-refractivity contribution in [3.8, 4) is 0 Å². The lowest BCUT2D eigenvalue weighted by Gasteiger charge is -2.09. The van der Waals surface area contributed by atoms with E-state index in [1.54, 1.807) is 10.6 Å². The number of carboxylic acids is 1. The molecule has 2 aromatic heterocycles. The van der Waals surface area contributed by atoms with Crippen molar-refractivity contribution in [1.29, 1.82) is 0 Å². The average Bonchev–Trinajstić information content (AvgIpc) is 3.05. The van der Waals surface area contributed by atoms with Crippen LogP contribution in [0, 0.1) is 0 Å². The fraction of sp³-hybridized carbons (Fsp3) is 0.0476. The molecule has 5 nitrogen and oxygen atoms in total. The summed E-state index contributed by atoms with van der Waals surface area (Å²) >= 11 is 1.11. The van der Waals surface area contributed by atoms with Crippen LogP contribution in [0.25, 0.3) is 10.2 Å². The van der Waals surface area contributed by atoms with Crippen molar-refractivity contribution in [1.82, 2.24) is 4.57 Å². The first-order valence-electron chi connectivity index (χ1n) is 8.39. The molecule has 134 valence electrons. The molecule has 0 aliphatic rings. The van der Waals surface area contributed by atoms with E-state index in [0.29, 0.717) is 17.1 Å². The van der Waals surface area contributed by atoms with Gasteiger partial charge in [-0.1, -0.05) is 48.5 Å². The minimum Gasteiger partial charge on any atom is -0.477 e. The van der Waals surface area contributed by atoms with E-state index in [2.05, 4.69) is 5.32 Å². The van der Waals surface area contributed by atoms with E-state index in [4.69, 9.17) is 0 Å². The van der Waals surface area contributed by atoms with Gasteiger partial charge in [-0.05, 0) is 23.8 Å². The van der Waals surface area contributed by atoms with Gasteiger partial charge in [0.15, 0.2) is 0 Å². The van der Waals surface area contributed by atoms with Gasteiger partial charge in [-0.3, -0.25) is 9.36 Å². The van der Waals surface area contributed by atoms with Crippen molar-refractivity contribution in [3.05, 3.63) is 93.6 Å². The number of para-hydroxylation sites is 1. The Kier molecular flexibility index (Phi) is 4.48. The predicted octanol–water partition coefficient (Wildman–Crippen LogP) is 4.55. The number of nitrogens with one attached hydrogen (secondary N) is 1. The maximum Gasteiger partial charge on any atom is 0.348 e. The fourth-order valence-corrected chi connectivity index (χ4v) is 4.08. The predicted molar refractivity (Wildman–Crippen MR) is 108 cm³/mol. The molecule has 0 bridgehead atoms. The summed E-state index contributed by atoms with van der Waals surface area (Å²) in [7, 11) is 0. The summed E-state index contributed by atoms with van der Waals surface area (Å²) in [5, 5.41) is 13.6. The van der Waals surface area contributed by atoms with E-state index >= 15 is 0 Å². The molecule has 0 aliphatic carbocycles. The Labute approximate surface area is 159 Å². The molecule has 0 fully saturated rings. The van der Waals surface area contributed by atoms with Crippen LogP contribution in [-0.4, -0.2) is 15.6 Å². The molecule has 0 unspecified atom stereocenters. The maximum atomic E-state index is 12.5. The average molecular weight is 376 g/mol. The lowest BCUT2D eigenvalue weighted by Crippen LogP contribution is -2.19. The molecule has 6 heteroatoms. The second kappa shape index (κ2) is 7.09. The van der Waals surface area contributed by atoms with Crippen LogP contribution in [0.5, 0.6) is 0 Å². The molecule has 0 aliphatic heterocycles. The van der Waals surface area contributed by atoms with Crippen molar-refractivity contribution in [2.75, 3.05) is 5.32 Å². The molecular formula is C21H16N2O3S. The van der Waals surface area contributed by atoms with Crippen molar-refractivity contribution in [3.63, 3.8) is 0 Å². The van der Waals surface area contributed by atoms with Crippen molar-refractivity contribution in [2.24, 2.45) is 0 Å². The number of benzene rings is 2. The van der Waals surface area contributed by atoms with Crippen LogP contribution in [0.2, 0.25) is 0 Å². The van der Waals surface area contributed by atoms with Crippen LogP contribution >= 0.6 is 11.3 Å². The number of carboxylic acid groups (broad SMARTS) is 1. The summed E-state index contributed by atoms with van der Waals surface area (Å²) in [6.07, 6.45) is 0. The molecule has 0 saturated heterocycles. The minimum atomic E-state index is -1.02. The second-order valence-electron chi connectivity index (χ2n) is 6.06. The van der Waals surface area contributed by atoms with Crippen LogP contribution in [0.3, 0.4) is 0 Å². The number of hydrogen-bond donors (Lipinski definition) is 2. The normalized spacial score (nSPS) is 10.8. The number of pyridine rings is 1. The zero-order chi connectivity index (χ0) is 18.8. The molecule has 0 amide bonds. The van der Waals surface area contributed by atoms with Crippen LogP contribution < -0.4 is 10.9 Å². The van der Waals surface area contributed by atoms with E-state index in [1.165, 1.54) is 6.07 Å². The summed E-state index contributed by atoms with van der Waals surface area (Å²) in [5.74, 6) is -1.02. The van der Waals surface area contributed by atoms with Crippen molar-refractivity contribution >= 4 is 38.9 Å². The Morgan fingerprint density at radius 1 is 0.963 bits per heavy atom. The Hall–Kier alpha value is -3.38. The summed E-state index contributed by atoms with van der Waals surface area (Å²) in [6.45, 7) is 0.390. The van der Waals surface area contributed by atoms with Gasteiger partial charge in [0.25, 0.3) is 5.56 Å². The monoisotopic (exact) mass is 376 g/mol. The van der Waals surface area contributed by atoms with Gasteiger partial charge in [0.2, 0.25) is 0 Å². The van der Waals surface area contributed by atoms with Gasteiger partial charge in [0.1, 0.15) is 9.71 Å². The quantitative estimate of drug-likeness (QED) is 0.536. The number of thiophene rings is 1. The highest BCUT2D eigenvalue weighted by atomic mass is 32.1. The first-order chi connectivity index (χ1) is 13.1. The number of nitrogens with zero attached hydrogens (tertiary/aromatic N) is 1. The topological polar surface area (TPSA) is 71.3 Å². The minimum absolute atomic E-state index is 0.157. The lowest BCUT2D eigenvalue weighted by molar-refractivity contribution is 0.0703. The first-order valence-corrected chi connectivity index (χ1v) is 9.21. The molecule has 2 N–H and O–H groups in total. The van der Waals surface area contributed by atoms with Gasteiger partial charge < -0.3 is 10.4 Å². The maximum absolute atomic E-state index is 12.5. The second-order valence-corrected chi connectivity index (χ2v) is 7.06. The third-order valence-electron chi connectivity index (χ3n) is 4.25. The summed E-state index contributed by atoms with van der Waals surface area (Å²) in [6, 6.07) is 22.2. The number of aromatic nitrogens is 1. The van der Waals surface area contributed by atoms with Gasteiger partial charge in [-0.25, -0.2) is 4.79 Å². The summed E-state index contributed by atoms with van der Waals surface area (Å²) < 4.78 is 1.62. The number of carbonyl (C=O) groups is 1. The van der Waals surface area contributed by atoms with Gasteiger partial charge in [0, 0.05) is 17.1 Å². The number of aromatic carboxylic acids is 1. The van der Waals surface area contributed by atoms with E-state index < -0.39 is 5.97 Å². The number of rotatable bonds is 5. The SMILES string of the molecule is O=C(O)c1sc2c(ccc(=O)n2Cc2ccccc2)c1Nc1ccccc1. The van der Waals surface area contributed by atoms with E-state index in [9.17, 15) is 14.7 Å². The molecule has 4 aromatic rings. The summed E-state index contributed by atoms with van der Waals surface area (Å²) in [5.41, 5.74) is 2.13. The molecule has 2 heterocycles. The Morgan fingerprint density at radius 3 is 2.30 bits per heavy atom. The highest BCUT2D eigenvalue weighted by Gasteiger charge is 2.20. The summed E-state index contributed by atoms with van der Waals surface area (Å²) in [4.78, 5) is 25.1. The molecule has 2 aromatic carbocycles. The van der Waals surface area contributed by atoms with Gasteiger partial charge in [0.05, 0.1) is 12.2 Å². The molecule has 0 spiro atoms. The van der Waals surface area contributed by atoms with Crippen LogP contribution in [0.1, 0.15) is 15.2 Å². The number of anilines is 2. The number of fused-ring (bicyclic) bond motifs is 1. The Bertz CT molecular complexity index is 1160.